The number of hydrogen-bond acceptors (Lipinski definition) is 6. The zero-order valence-electron chi connectivity index (χ0n) is 21.4. The van der Waals surface area contributed by atoms with E-state index in [0.29, 0.717) is 32.2 Å². The Bertz CT molecular complexity index is 1650. The van der Waals surface area contributed by atoms with E-state index in [0.717, 1.165) is 4.31 Å². The van der Waals surface area contributed by atoms with E-state index in [1.807, 2.05) is 0 Å². The van der Waals surface area contributed by atoms with E-state index < -0.39 is 22.5 Å². The lowest BCUT2D eigenvalue weighted by molar-refractivity contribution is -0.119. The zero-order chi connectivity index (χ0) is 29.2. The lowest BCUT2D eigenvalue weighted by Crippen LogP contribution is -2.39. The van der Waals surface area contributed by atoms with Crippen LogP contribution < -0.4 is 19.8 Å². The summed E-state index contributed by atoms with van der Waals surface area (Å²) in [6.45, 7) is -0.705. The quantitative estimate of drug-likeness (QED) is 0.164. The van der Waals surface area contributed by atoms with Gasteiger partial charge < -0.3 is 10.1 Å². The highest BCUT2D eigenvalue weighted by atomic mass is 79.9. The van der Waals surface area contributed by atoms with Crippen molar-refractivity contribution in [3.63, 3.8) is 0 Å². The Morgan fingerprint density at radius 3 is 2.32 bits per heavy atom. The third kappa shape index (κ3) is 8.40. The Balaban J connectivity index is 1.34. The third-order valence-corrected chi connectivity index (χ3v) is 8.13. The molecule has 0 aromatic heterocycles. The second-order valence-corrected chi connectivity index (χ2v) is 11.7. The summed E-state index contributed by atoms with van der Waals surface area (Å²) < 4.78 is 33.9. The Hall–Kier alpha value is -4.19. The van der Waals surface area contributed by atoms with Gasteiger partial charge in [0.15, 0.2) is 6.61 Å². The number of carbonyl (C=O) groups excluding carboxylic acids is 2. The summed E-state index contributed by atoms with van der Waals surface area (Å²) in [5.74, 6) is -0.542. The molecule has 0 spiro atoms. The van der Waals surface area contributed by atoms with Crippen LogP contribution in [0, 0.1) is 0 Å². The van der Waals surface area contributed by atoms with Crippen molar-refractivity contribution in [2.45, 2.75) is 4.90 Å². The first-order valence-electron chi connectivity index (χ1n) is 12.1. The van der Waals surface area contributed by atoms with E-state index in [-0.39, 0.29) is 17.4 Å². The summed E-state index contributed by atoms with van der Waals surface area (Å²) in [5.41, 5.74) is 3.82. The van der Waals surface area contributed by atoms with Crippen molar-refractivity contribution >= 4 is 67.0 Å². The molecular weight excluding hydrogens is 632 g/mol. The number of benzene rings is 4. The first kappa shape index (κ1) is 29.8. The minimum absolute atomic E-state index is 0.0555. The molecule has 0 heterocycles. The van der Waals surface area contributed by atoms with Gasteiger partial charge in [0.1, 0.15) is 12.3 Å². The van der Waals surface area contributed by atoms with Crippen molar-refractivity contribution in [3.05, 3.63) is 118 Å². The fourth-order valence-electron chi connectivity index (χ4n) is 3.56. The van der Waals surface area contributed by atoms with Gasteiger partial charge in [-0.3, -0.25) is 13.9 Å². The molecule has 12 heteroatoms. The summed E-state index contributed by atoms with van der Waals surface area (Å²) in [4.78, 5) is 24.9. The van der Waals surface area contributed by atoms with E-state index in [4.69, 9.17) is 16.3 Å². The van der Waals surface area contributed by atoms with E-state index in [1.165, 1.54) is 18.3 Å². The van der Waals surface area contributed by atoms with Crippen LogP contribution >= 0.6 is 27.5 Å². The minimum Gasteiger partial charge on any atom is -0.484 e. The predicted molar refractivity (Wildman–Crippen MR) is 163 cm³/mol. The molecule has 4 rings (SSSR count). The summed E-state index contributed by atoms with van der Waals surface area (Å²) in [6, 6.07) is 28.1. The number of hydrazone groups is 1. The molecule has 9 nitrogen and oxygen atoms in total. The standard InChI is InChI=1S/C29H24BrClN4O5S/c30-22-7-6-8-23(17-22)35(41(38,39)25-9-2-1-3-10-25)19-28(36)34-32-18-21-13-15-24(16-14-21)40-20-29(37)33-27-12-5-4-11-26(27)31/h1-18H,19-20H2,(H,33,37)(H,34,36)/b32-18-. The van der Waals surface area contributed by atoms with Crippen LogP contribution in [0.15, 0.2) is 118 Å². The number of amides is 2. The number of para-hydroxylation sites is 1. The van der Waals surface area contributed by atoms with Gasteiger partial charge in [-0.1, -0.05) is 63.9 Å². The molecule has 0 bridgehead atoms. The maximum absolute atomic E-state index is 13.4. The molecule has 0 aliphatic rings. The smallest absolute Gasteiger partial charge is 0.264 e. The molecular formula is C29H24BrClN4O5S. The number of anilines is 2. The van der Waals surface area contributed by atoms with Gasteiger partial charge in [0.2, 0.25) is 0 Å². The Morgan fingerprint density at radius 1 is 0.902 bits per heavy atom. The molecule has 4 aromatic carbocycles. The largest absolute Gasteiger partial charge is 0.484 e. The number of carbonyl (C=O) groups is 2. The zero-order valence-corrected chi connectivity index (χ0v) is 24.6. The molecule has 0 aliphatic heterocycles. The molecule has 0 saturated carbocycles. The molecule has 0 fully saturated rings. The van der Waals surface area contributed by atoms with Crippen LogP contribution in [0.4, 0.5) is 11.4 Å². The number of ether oxygens (including phenoxy) is 1. The number of halogens is 2. The lowest BCUT2D eigenvalue weighted by Gasteiger charge is -2.23. The average molecular weight is 656 g/mol. The van der Waals surface area contributed by atoms with E-state index >= 15 is 0 Å². The summed E-state index contributed by atoms with van der Waals surface area (Å²) in [6.07, 6.45) is 1.40. The predicted octanol–water partition coefficient (Wildman–Crippen LogP) is 5.47. The van der Waals surface area contributed by atoms with Crippen LogP contribution in [-0.2, 0) is 19.6 Å². The minimum atomic E-state index is -4.03. The summed E-state index contributed by atoms with van der Waals surface area (Å²) >= 11 is 9.39. The van der Waals surface area contributed by atoms with Crippen molar-refractivity contribution in [2.24, 2.45) is 5.10 Å². The van der Waals surface area contributed by atoms with Crippen molar-refractivity contribution in [1.82, 2.24) is 5.43 Å². The van der Waals surface area contributed by atoms with Gasteiger partial charge in [-0.25, -0.2) is 13.8 Å². The number of rotatable bonds is 11. The van der Waals surface area contributed by atoms with Crippen molar-refractivity contribution in [3.8, 4) is 5.75 Å². The second-order valence-electron chi connectivity index (χ2n) is 8.48. The third-order valence-electron chi connectivity index (χ3n) is 5.52. The van der Waals surface area contributed by atoms with E-state index in [9.17, 15) is 18.0 Å². The first-order chi connectivity index (χ1) is 19.7. The van der Waals surface area contributed by atoms with Gasteiger partial charge in [0.25, 0.3) is 21.8 Å². The van der Waals surface area contributed by atoms with Crippen LogP contribution in [0.25, 0.3) is 0 Å². The SMILES string of the molecule is O=C(CN(c1cccc(Br)c1)S(=O)(=O)c1ccccc1)N/N=C\c1ccc(OCC(=O)Nc2ccccc2Cl)cc1. The number of nitrogens with zero attached hydrogens (tertiary/aromatic N) is 2. The Labute approximate surface area is 251 Å². The van der Waals surface area contributed by atoms with Crippen molar-refractivity contribution in [1.29, 1.82) is 0 Å². The lowest BCUT2D eigenvalue weighted by atomic mass is 10.2. The van der Waals surface area contributed by atoms with Crippen molar-refractivity contribution < 1.29 is 22.7 Å². The van der Waals surface area contributed by atoms with Crippen LogP contribution in [0.2, 0.25) is 5.02 Å². The van der Waals surface area contributed by atoms with E-state index in [2.05, 4.69) is 31.8 Å². The van der Waals surface area contributed by atoms with Crippen LogP contribution in [0.5, 0.6) is 5.75 Å². The summed E-state index contributed by atoms with van der Waals surface area (Å²) in [5, 5.41) is 7.05. The van der Waals surface area contributed by atoms with Gasteiger partial charge in [-0.15, -0.1) is 0 Å². The monoisotopic (exact) mass is 654 g/mol. The molecule has 0 radical (unpaired) electrons. The second kappa shape index (κ2) is 13.9. The van der Waals surface area contributed by atoms with Crippen molar-refractivity contribution in [2.75, 3.05) is 22.8 Å². The fraction of sp³-hybridized carbons (Fsp3) is 0.0690. The average Bonchev–Trinajstić information content (AvgIpc) is 2.97. The number of nitrogens with one attached hydrogen (secondary N) is 2. The highest BCUT2D eigenvalue weighted by Crippen LogP contribution is 2.26. The molecule has 0 aliphatic carbocycles. The van der Waals surface area contributed by atoms with Gasteiger partial charge in [0, 0.05) is 4.47 Å². The van der Waals surface area contributed by atoms with Gasteiger partial charge >= 0.3 is 0 Å². The first-order valence-corrected chi connectivity index (χ1v) is 14.8. The molecule has 2 amide bonds. The molecule has 210 valence electrons. The normalized spacial score (nSPS) is 11.2. The van der Waals surface area contributed by atoms with Gasteiger partial charge in [-0.05, 0) is 72.3 Å². The van der Waals surface area contributed by atoms with Gasteiger partial charge in [0.05, 0.1) is 27.5 Å². The molecule has 2 N–H and O–H groups in total. The fourth-order valence-corrected chi connectivity index (χ4v) is 5.56. The highest BCUT2D eigenvalue weighted by molar-refractivity contribution is 9.10. The summed E-state index contributed by atoms with van der Waals surface area (Å²) in [7, 11) is -4.03. The number of sulfonamides is 1. The molecule has 0 saturated heterocycles. The number of hydrogen-bond donors (Lipinski definition) is 2. The molecule has 4 aromatic rings. The maximum atomic E-state index is 13.4. The molecule has 41 heavy (non-hydrogen) atoms. The van der Waals surface area contributed by atoms with Crippen LogP contribution in [-0.4, -0.2) is 39.6 Å². The van der Waals surface area contributed by atoms with Crippen LogP contribution in [0.3, 0.4) is 0 Å². The van der Waals surface area contributed by atoms with Gasteiger partial charge in [-0.2, -0.15) is 5.10 Å². The van der Waals surface area contributed by atoms with E-state index in [1.54, 1.807) is 91.0 Å². The Morgan fingerprint density at radius 2 is 1.61 bits per heavy atom. The topological polar surface area (TPSA) is 117 Å². The highest BCUT2D eigenvalue weighted by Gasteiger charge is 2.27. The molecule has 0 atom stereocenters. The molecule has 0 unspecified atom stereocenters. The maximum Gasteiger partial charge on any atom is 0.264 e. The Kier molecular flexibility index (Phi) is 10.1. The van der Waals surface area contributed by atoms with Crippen LogP contribution in [0.1, 0.15) is 5.56 Å².